The Kier molecular flexibility index (Phi) is 3.46. The highest BCUT2D eigenvalue weighted by Crippen LogP contribution is 2.43. The van der Waals surface area contributed by atoms with Crippen LogP contribution in [-0.4, -0.2) is 33.6 Å². The average molecular weight is 324 g/mol. The topological polar surface area (TPSA) is 70.1 Å². The summed E-state index contributed by atoms with van der Waals surface area (Å²) in [6.07, 6.45) is 0. The Balaban J connectivity index is 1.65. The van der Waals surface area contributed by atoms with Gasteiger partial charge in [-0.15, -0.1) is 0 Å². The number of carboxylic acids is 1. The first-order valence-corrected chi connectivity index (χ1v) is 7.75. The highest BCUT2D eigenvalue weighted by atomic mass is 16.7. The number of carbonyl (C=O) groups excluding carboxylic acids is 1. The minimum atomic E-state index is -1.03. The van der Waals surface area contributed by atoms with Crippen molar-refractivity contribution in [3.63, 3.8) is 0 Å². The highest BCUT2D eigenvalue weighted by molar-refractivity contribution is 5.87. The number of amides is 2. The maximum Gasteiger partial charge on any atom is 0.345 e. The third-order valence-corrected chi connectivity index (χ3v) is 4.50. The Labute approximate surface area is 138 Å². The lowest BCUT2D eigenvalue weighted by Gasteiger charge is -2.29. The molecule has 24 heavy (non-hydrogen) atoms. The SMILES string of the molecule is O=C(O)[C@H]1c2ccccc2[C@H]2CN1C(=O)N2OCc1ccccc1. The molecule has 1 N–H and O–H groups in total. The normalized spacial score (nSPS) is 21.8. The van der Waals surface area contributed by atoms with Crippen LogP contribution in [0.5, 0.6) is 0 Å². The van der Waals surface area contributed by atoms with E-state index in [9.17, 15) is 14.7 Å². The zero-order valence-corrected chi connectivity index (χ0v) is 12.8. The van der Waals surface area contributed by atoms with Crippen LogP contribution in [0.3, 0.4) is 0 Å². The minimum Gasteiger partial charge on any atom is -0.479 e. The summed E-state index contributed by atoms with van der Waals surface area (Å²) in [6.45, 7) is 0.582. The quantitative estimate of drug-likeness (QED) is 0.939. The molecule has 2 aromatic rings. The second-order valence-corrected chi connectivity index (χ2v) is 5.91. The van der Waals surface area contributed by atoms with Crippen LogP contribution in [-0.2, 0) is 16.2 Å². The average Bonchev–Trinajstić information content (AvgIpc) is 2.87. The summed E-state index contributed by atoms with van der Waals surface area (Å²) in [5.41, 5.74) is 2.44. The van der Waals surface area contributed by atoms with E-state index in [1.165, 1.54) is 9.96 Å². The molecule has 2 heterocycles. The van der Waals surface area contributed by atoms with Gasteiger partial charge in [0.1, 0.15) is 12.6 Å². The van der Waals surface area contributed by atoms with E-state index >= 15 is 0 Å². The van der Waals surface area contributed by atoms with E-state index in [0.717, 1.165) is 11.1 Å². The second-order valence-electron chi connectivity index (χ2n) is 5.91. The van der Waals surface area contributed by atoms with Gasteiger partial charge in [0.2, 0.25) is 0 Å². The van der Waals surface area contributed by atoms with E-state index < -0.39 is 18.0 Å². The number of carbonyl (C=O) groups is 2. The lowest BCUT2D eigenvalue weighted by Crippen LogP contribution is -2.38. The molecule has 0 unspecified atom stereocenters. The molecule has 2 amide bonds. The molecule has 2 aliphatic heterocycles. The van der Waals surface area contributed by atoms with Crippen LogP contribution in [0.25, 0.3) is 0 Å². The fraction of sp³-hybridized carbons (Fsp3) is 0.222. The van der Waals surface area contributed by atoms with E-state index in [-0.39, 0.29) is 12.6 Å². The Hall–Kier alpha value is -2.86. The molecule has 6 heteroatoms. The van der Waals surface area contributed by atoms with Crippen LogP contribution in [0.4, 0.5) is 4.79 Å². The second kappa shape index (κ2) is 5.65. The van der Waals surface area contributed by atoms with Crippen LogP contribution < -0.4 is 0 Å². The largest absolute Gasteiger partial charge is 0.479 e. The van der Waals surface area contributed by atoms with Crippen molar-refractivity contribution in [2.45, 2.75) is 18.7 Å². The van der Waals surface area contributed by atoms with Crippen molar-refractivity contribution in [1.29, 1.82) is 0 Å². The van der Waals surface area contributed by atoms with E-state index in [1.807, 2.05) is 42.5 Å². The zero-order chi connectivity index (χ0) is 16.7. The molecule has 4 rings (SSSR count). The number of fused-ring (bicyclic) bond motifs is 4. The van der Waals surface area contributed by atoms with Crippen molar-refractivity contribution in [1.82, 2.24) is 9.96 Å². The van der Waals surface area contributed by atoms with E-state index in [4.69, 9.17) is 4.84 Å². The molecule has 0 radical (unpaired) electrons. The Morgan fingerprint density at radius 1 is 1.08 bits per heavy atom. The van der Waals surface area contributed by atoms with Gasteiger partial charge in [0.15, 0.2) is 6.04 Å². The first kappa shape index (κ1) is 14.7. The van der Waals surface area contributed by atoms with E-state index in [0.29, 0.717) is 12.1 Å². The molecular formula is C18H16N2O4. The molecule has 0 saturated carbocycles. The first-order valence-electron chi connectivity index (χ1n) is 7.75. The molecule has 122 valence electrons. The number of aliphatic carboxylic acids is 1. The van der Waals surface area contributed by atoms with Gasteiger partial charge in [-0.25, -0.2) is 9.59 Å². The van der Waals surface area contributed by atoms with Gasteiger partial charge in [-0.3, -0.25) is 4.84 Å². The molecule has 1 fully saturated rings. The fourth-order valence-electron chi connectivity index (χ4n) is 3.40. The smallest absolute Gasteiger partial charge is 0.345 e. The van der Waals surface area contributed by atoms with Crippen molar-refractivity contribution < 1.29 is 19.5 Å². The van der Waals surface area contributed by atoms with Crippen LogP contribution in [0.1, 0.15) is 28.8 Å². The van der Waals surface area contributed by atoms with Crippen molar-refractivity contribution in [3.8, 4) is 0 Å². The Bertz CT molecular complexity index is 793. The molecule has 2 atom stereocenters. The monoisotopic (exact) mass is 324 g/mol. The zero-order valence-electron chi connectivity index (χ0n) is 12.8. The first-order chi connectivity index (χ1) is 11.7. The molecule has 1 saturated heterocycles. The molecule has 2 aromatic carbocycles. The van der Waals surface area contributed by atoms with Gasteiger partial charge in [0, 0.05) is 0 Å². The maximum absolute atomic E-state index is 12.7. The van der Waals surface area contributed by atoms with Gasteiger partial charge < -0.3 is 10.0 Å². The van der Waals surface area contributed by atoms with Gasteiger partial charge in [0.25, 0.3) is 0 Å². The number of hydrogen-bond acceptors (Lipinski definition) is 3. The van der Waals surface area contributed by atoms with E-state index in [1.54, 1.807) is 12.1 Å². The molecule has 2 bridgehead atoms. The molecule has 0 aliphatic carbocycles. The fourth-order valence-corrected chi connectivity index (χ4v) is 3.40. The maximum atomic E-state index is 12.7. The molecule has 0 aromatic heterocycles. The van der Waals surface area contributed by atoms with Crippen LogP contribution in [0.2, 0.25) is 0 Å². The van der Waals surface area contributed by atoms with Crippen LogP contribution in [0.15, 0.2) is 54.6 Å². The van der Waals surface area contributed by atoms with Crippen molar-refractivity contribution in [2.24, 2.45) is 0 Å². The number of urea groups is 1. The number of rotatable bonds is 4. The van der Waals surface area contributed by atoms with Gasteiger partial charge in [-0.05, 0) is 16.7 Å². The predicted octanol–water partition coefficient (Wildman–Crippen LogP) is 2.74. The Morgan fingerprint density at radius 3 is 2.46 bits per heavy atom. The summed E-state index contributed by atoms with van der Waals surface area (Å²) in [5, 5.41) is 10.9. The van der Waals surface area contributed by atoms with Crippen LogP contribution in [0, 0.1) is 0 Å². The Morgan fingerprint density at radius 2 is 1.75 bits per heavy atom. The van der Waals surface area contributed by atoms with Crippen molar-refractivity contribution in [2.75, 3.05) is 6.54 Å². The van der Waals surface area contributed by atoms with Crippen molar-refractivity contribution >= 4 is 12.0 Å². The lowest BCUT2D eigenvalue weighted by molar-refractivity contribution is -0.143. The summed E-state index contributed by atoms with van der Waals surface area (Å²) >= 11 is 0. The molecule has 6 nitrogen and oxygen atoms in total. The molecule has 0 spiro atoms. The van der Waals surface area contributed by atoms with Crippen LogP contribution >= 0.6 is 0 Å². The van der Waals surface area contributed by atoms with Gasteiger partial charge >= 0.3 is 12.0 Å². The number of carboxylic acid groups (broad SMARTS) is 1. The third-order valence-electron chi connectivity index (χ3n) is 4.50. The lowest BCUT2D eigenvalue weighted by atomic mass is 9.91. The van der Waals surface area contributed by atoms with Gasteiger partial charge in [-0.1, -0.05) is 54.6 Å². The summed E-state index contributed by atoms with van der Waals surface area (Å²) in [7, 11) is 0. The summed E-state index contributed by atoms with van der Waals surface area (Å²) in [6, 6.07) is 15.2. The number of hydroxylamine groups is 2. The summed E-state index contributed by atoms with van der Waals surface area (Å²) < 4.78 is 0. The number of benzene rings is 2. The van der Waals surface area contributed by atoms with Crippen molar-refractivity contribution in [3.05, 3.63) is 71.3 Å². The highest BCUT2D eigenvalue weighted by Gasteiger charge is 2.50. The van der Waals surface area contributed by atoms with Gasteiger partial charge in [-0.2, -0.15) is 5.06 Å². The predicted molar refractivity (Wildman–Crippen MR) is 84.7 cm³/mol. The summed E-state index contributed by atoms with van der Waals surface area (Å²) in [5.74, 6) is -1.03. The van der Waals surface area contributed by atoms with Gasteiger partial charge in [0.05, 0.1) is 6.54 Å². The minimum absolute atomic E-state index is 0.261. The molecule has 2 aliphatic rings. The van der Waals surface area contributed by atoms with E-state index in [2.05, 4.69) is 0 Å². The third kappa shape index (κ3) is 2.23. The number of hydrogen-bond donors (Lipinski definition) is 1. The molecular weight excluding hydrogens is 308 g/mol. The number of nitrogens with zero attached hydrogens (tertiary/aromatic N) is 2. The standard InChI is InChI=1S/C18H16N2O4/c21-17(22)16-14-9-5-4-8-13(14)15-10-19(16)18(23)20(15)24-11-12-6-2-1-3-7-12/h1-9,15-16H,10-11H2,(H,21,22)/t15-,16-/m1/s1. The summed E-state index contributed by atoms with van der Waals surface area (Å²) in [4.78, 5) is 31.4.